The zero-order valence-corrected chi connectivity index (χ0v) is 13.8. The van der Waals surface area contributed by atoms with E-state index in [0.29, 0.717) is 17.4 Å². The summed E-state index contributed by atoms with van der Waals surface area (Å²) in [4.78, 5) is 16.6. The van der Waals surface area contributed by atoms with Crippen LogP contribution in [0.1, 0.15) is 54.5 Å². The Hall–Kier alpha value is -2.89. The first-order valence-electron chi connectivity index (χ1n) is 8.58. The van der Waals surface area contributed by atoms with Crippen LogP contribution in [0.2, 0.25) is 0 Å². The van der Waals surface area contributed by atoms with Crippen molar-refractivity contribution in [3.05, 3.63) is 54.3 Å². The maximum absolute atomic E-state index is 12.1. The van der Waals surface area contributed by atoms with E-state index in [4.69, 9.17) is 8.94 Å². The monoisotopic (exact) mass is 337 g/mol. The van der Waals surface area contributed by atoms with E-state index >= 15 is 0 Å². The average molecular weight is 337 g/mol. The molecular formula is C19H19N3O3. The number of hydrogen-bond acceptors (Lipinski definition) is 5. The summed E-state index contributed by atoms with van der Waals surface area (Å²) in [6, 6.07) is 10.7. The Labute approximate surface area is 145 Å². The summed E-state index contributed by atoms with van der Waals surface area (Å²) in [6.45, 7) is 0. The van der Waals surface area contributed by atoms with Gasteiger partial charge in [0.25, 0.3) is 5.91 Å². The van der Waals surface area contributed by atoms with Crippen LogP contribution in [0.3, 0.4) is 0 Å². The Bertz CT molecular complexity index is 848. The van der Waals surface area contributed by atoms with Gasteiger partial charge in [0, 0.05) is 17.2 Å². The van der Waals surface area contributed by atoms with Crippen LogP contribution in [0, 0.1) is 0 Å². The van der Waals surface area contributed by atoms with Gasteiger partial charge < -0.3 is 14.3 Å². The molecule has 0 unspecified atom stereocenters. The van der Waals surface area contributed by atoms with Crippen LogP contribution in [0.25, 0.3) is 11.4 Å². The van der Waals surface area contributed by atoms with Crippen LogP contribution in [-0.4, -0.2) is 16.0 Å². The topological polar surface area (TPSA) is 81.2 Å². The van der Waals surface area contributed by atoms with Crippen LogP contribution in [0.5, 0.6) is 0 Å². The maximum Gasteiger partial charge on any atom is 0.291 e. The Morgan fingerprint density at radius 3 is 2.80 bits per heavy atom. The first-order valence-corrected chi connectivity index (χ1v) is 8.58. The third-order valence-corrected chi connectivity index (χ3v) is 4.52. The van der Waals surface area contributed by atoms with E-state index in [1.165, 1.54) is 25.5 Å². The van der Waals surface area contributed by atoms with Crippen LogP contribution < -0.4 is 5.32 Å². The minimum Gasteiger partial charge on any atom is -0.459 e. The lowest BCUT2D eigenvalue weighted by Gasteiger charge is -2.17. The summed E-state index contributed by atoms with van der Waals surface area (Å²) < 4.78 is 10.6. The number of amides is 1. The molecule has 25 heavy (non-hydrogen) atoms. The number of hydrogen-bond donors (Lipinski definition) is 1. The summed E-state index contributed by atoms with van der Waals surface area (Å²) in [5.74, 6) is 1.62. The van der Waals surface area contributed by atoms with Crippen molar-refractivity contribution < 1.29 is 13.7 Å². The first kappa shape index (κ1) is 15.6. The van der Waals surface area contributed by atoms with Gasteiger partial charge in [0.05, 0.1) is 6.26 Å². The van der Waals surface area contributed by atoms with Crippen LogP contribution >= 0.6 is 0 Å². The minimum absolute atomic E-state index is 0.268. The zero-order valence-electron chi connectivity index (χ0n) is 13.8. The van der Waals surface area contributed by atoms with Gasteiger partial charge in [-0.25, -0.2) is 0 Å². The predicted octanol–water partition coefficient (Wildman–Crippen LogP) is 4.63. The van der Waals surface area contributed by atoms with Crippen LogP contribution in [0.4, 0.5) is 5.69 Å². The molecule has 1 saturated carbocycles. The van der Waals surface area contributed by atoms with Crippen LogP contribution in [-0.2, 0) is 0 Å². The van der Waals surface area contributed by atoms with E-state index in [9.17, 15) is 4.79 Å². The summed E-state index contributed by atoms with van der Waals surface area (Å²) in [5, 5.41) is 6.92. The van der Waals surface area contributed by atoms with Gasteiger partial charge in [-0.3, -0.25) is 4.79 Å². The highest BCUT2D eigenvalue weighted by Gasteiger charge is 2.22. The second kappa shape index (κ2) is 6.93. The largest absolute Gasteiger partial charge is 0.459 e. The molecule has 1 aliphatic rings. The summed E-state index contributed by atoms with van der Waals surface area (Å²) >= 11 is 0. The average Bonchev–Trinajstić information content (AvgIpc) is 3.35. The highest BCUT2D eigenvalue weighted by molar-refractivity contribution is 6.02. The fourth-order valence-corrected chi connectivity index (χ4v) is 3.20. The summed E-state index contributed by atoms with van der Waals surface area (Å²) in [6.07, 6.45) is 7.42. The predicted molar refractivity (Wildman–Crippen MR) is 92.2 cm³/mol. The molecule has 3 aromatic rings. The number of rotatable bonds is 4. The van der Waals surface area contributed by atoms with Crippen molar-refractivity contribution in [2.24, 2.45) is 0 Å². The van der Waals surface area contributed by atoms with Gasteiger partial charge in [0.1, 0.15) is 0 Å². The molecule has 1 fully saturated rings. The molecule has 2 aromatic heterocycles. The molecule has 0 radical (unpaired) electrons. The molecule has 0 atom stereocenters. The molecule has 6 nitrogen and oxygen atoms in total. The van der Waals surface area contributed by atoms with Crippen molar-refractivity contribution in [1.82, 2.24) is 10.1 Å². The molecule has 128 valence electrons. The molecule has 0 aliphatic heterocycles. The number of furan rings is 1. The van der Waals surface area contributed by atoms with Crippen LogP contribution in [0.15, 0.2) is 51.6 Å². The quantitative estimate of drug-likeness (QED) is 0.750. The number of benzene rings is 1. The van der Waals surface area contributed by atoms with E-state index in [2.05, 4.69) is 15.5 Å². The molecule has 4 rings (SSSR count). The lowest BCUT2D eigenvalue weighted by Crippen LogP contribution is -2.10. The van der Waals surface area contributed by atoms with Crippen molar-refractivity contribution in [2.45, 2.75) is 38.0 Å². The summed E-state index contributed by atoms with van der Waals surface area (Å²) in [7, 11) is 0. The second-order valence-corrected chi connectivity index (χ2v) is 6.30. The van der Waals surface area contributed by atoms with Gasteiger partial charge >= 0.3 is 0 Å². The fourth-order valence-electron chi connectivity index (χ4n) is 3.20. The molecule has 1 amide bonds. The highest BCUT2D eigenvalue weighted by Crippen LogP contribution is 2.32. The van der Waals surface area contributed by atoms with E-state index in [1.54, 1.807) is 12.1 Å². The molecule has 1 aromatic carbocycles. The molecule has 2 heterocycles. The maximum atomic E-state index is 12.1. The highest BCUT2D eigenvalue weighted by atomic mass is 16.5. The smallest absolute Gasteiger partial charge is 0.291 e. The molecule has 0 bridgehead atoms. The minimum atomic E-state index is -0.293. The Morgan fingerprint density at radius 1 is 1.12 bits per heavy atom. The van der Waals surface area contributed by atoms with Crippen molar-refractivity contribution in [3.63, 3.8) is 0 Å². The number of nitrogens with one attached hydrogen (secondary N) is 1. The number of carbonyl (C=O) groups excluding carboxylic acids is 1. The standard InChI is InChI=1S/C19H19N3O3/c23-18(16-10-5-11-24-16)20-15-9-4-8-14(12-15)17-21-19(25-22-17)13-6-2-1-3-7-13/h4-5,8-13H,1-3,6-7H2,(H,20,23). The number of carbonyl (C=O) groups is 1. The van der Waals surface area contributed by atoms with Gasteiger partial charge in [-0.05, 0) is 37.1 Å². The van der Waals surface area contributed by atoms with E-state index < -0.39 is 0 Å². The molecule has 1 N–H and O–H groups in total. The zero-order chi connectivity index (χ0) is 17.1. The number of nitrogens with zero attached hydrogens (tertiary/aromatic N) is 2. The van der Waals surface area contributed by atoms with E-state index in [1.807, 2.05) is 24.3 Å². The third kappa shape index (κ3) is 3.47. The molecular weight excluding hydrogens is 318 g/mol. The van der Waals surface area contributed by atoms with E-state index in [0.717, 1.165) is 24.3 Å². The first-order chi connectivity index (χ1) is 12.3. The van der Waals surface area contributed by atoms with Crippen molar-refractivity contribution in [3.8, 4) is 11.4 Å². The fraction of sp³-hybridized carbons (Fsp3) is 0.316. The second-order valence-electron chi connectivity index (χ2n) is 6.30. The lowest BCUT2D eigenvalue weighted by molar-refractivity contribution is 0.0996. The molecule has 1 aliphatic carbocycles. The van der Waals surface area contributed by atoms with Gasteiger partial charge in [0.2, 0.25) is 11.7 Å². The molecule has 0 spiro atoms. The number of aromatic nitrogens is 2. The SMILES string of the molecule is O=C(Nc1cccc(-c2noc(C3CCCCC3)n2)c1)c1ccco1. The van der Waals surface area contributed by atoms with Gasteiger partial charge in [0.15, 0.2) is 5.76 Å². The van der Waals surface area contributed by atoms with Crippen molar-refractivity contribution >= 4 is 11.6 Å². The van der Waals surface area contributed by atoms with E-state index in [-0.39, 0.29) is 11.7 Å². The normalized spacial score (nSPS) is 15.2. The van der Waals surface area contributed by atoms with Gasteiger partial charge in [-0.15, -0.1) is 0 Å². The number of anilines is 1. The van der Waals surface area contributed by atoms with Gasteiger partial charge in [-0.1, -0.05) is 36.6 Å². The Morgan fingerprint density at radius 2 is 2.00 bits per heavy atom. The lowest BCUT2D eigenvalue weighted by atomic mass is 9.89. The van der Waals surface area contributed by atoms with Crippen molar-refractivity contribution in [2.75, 3.05) is 5.32 Å². The van der Waals surface area contributed by atoms with Crippen molar-refractivity contribution in [1.29, 1.82) is 0 Å². The van der Waals surface area contributed by atoms with Gasteiger partial charge in [-0.2, -0.15) is 4.98 Å². The molecule has 0 saturated heterocycles. The third-order valence-electron chi connectivity index (χ3n) is 4.52. The molecule has 6 heteroatoms. The Kier molecular flexibility index (Phi) is 4.33. The Balaban J connectivity index is 1.51. The summed E-state index contributed by atoms with van der Waals surface area (Å²) in [5.41, 5.74) is 1.46.